The zero-order chi connectivity index (χ0) is 25.7. The number of carbonyl (C=O) groups is 1. The summed E-state index contributed by atoms with van der Waals surface area (Å²) in [7, 11) is 0. The summed E-state index contributed by atoms with van der Waals surface area (Å²) in [5.41, 5.74) is 4.20. The molecule has 0 aromatic heterocycles. The molecule has 6 nitrogen and oxygen atoms in total. The molecule has 4 aromatic carbocycles. The smallest absolute Gasteiger partial charge is 0.340 e. The van der Waals surface area contributed by atoms with Gasteiger partial charge in [-0.3, -0.25) is 10.1 Å². The first-order valence-corrected chi connectivity index (χ1v) is 12.5. The Morgan fingerprint density at radius 2 is 1.47 bits per heavy atom. The van der Waals surface area contributed by atoms with Crippen molar-refractivity contribution in [3.8, 4) is 22.3 Å². The van der Waals surface area contributed by atoms with Crippen molar-refractivity contribution in [2.75, 3.05) is 11.3 Å². The van der Waals surface area contributed by atoms with Crippen LogP contribution in [0.15, 0.2) is 89.8 Å². The molecule has 0 saturated heterocycles. The van der Waals surface area contributed by atoms with Gasteiger partial charge in [0.1, 0.15) is 0 Å². The van der Waals surface area contributed by atoms with Crippen LogP contribution in [0.2, 0.25) is 10.0 Å². The molecular formula is C27H20Cl2N2O4S. The number of non-ortho nitro benzene ring substituents is 1. The van der Waals surface area contributed by atoms with Crippen molar-refractivity contribution in [2.45, 2.75) is 11.8 Å². The molecule has 0 radical (unpaired) electrons. The Hall–Kier alpha value is -3.52. The molecule has 0 aliphatic carbocycles. The summed E-state index contributed by atoms with van der Waals surface area (Å²) in [6.07, 6.45) is 0. The van der Waals surface area contributed by atoms with E-state index < -0.39 is 10.9 Å². The van der Waals surface area contributed by atoms with Gasteiger partial charge in [0, 0.05) is 32.6 Å². The molecule has 0 saturated carbocycles. The highest BCUT2D eigenvalue weighted by molar-refractivity contribution is 8.00. The molecule has 1 N–H and O–H groups in total. The summed E-state index contributed by atoms with van der Waals surface area (Å²) in [4.78, 5) is 24.3. The number of nitrogens with zero attached hydrogens (tertiary/aromatic N) is 1. The molecule has 36 heavy (non-hydrogen) atoms. The SMILES string of the molecule is CCOC(=O)c1cc(-c2ccc(Cl)cc2)cc(-c2ccc(Cl)cc2)c1NSc1ccc([N+](=O)[O-])cc1. The van der Waals surface area contributed by atoms with Gasteiger partial charge in [0.2, 0.25) is 0 Å². The standard InChI is InChI=1S/C27H20Cl2N2O4S/c1-2-35-27(32)25-16-19(17-3-7-20(28)8-4-17)15-24(18-5-9-21(29)10-6-18)26(25)30-36-23-13-11-22(12-14-23)31(33)34/h3-16,30H,2H2,1H3. The summed E-state index contributed by atoms with van der Waals surface area (Å²) in [5, 5.41) is 12.2. The van der Waals surface area contributed by atoms with Crippen LogP contribution in [0.1, 0.15) is 17.3 Å². The van der Waals surface area contributed by atoms with E-state index in [0.717, 1.165) is 27.1 Å². The molecule has 0 bridgehead atoms. The number of benzene rings is 4. The summed E-state index contributed by atoms with van der Waals surface area (Å²) < 4.78 is 8.66. The first kappa shape index (κ1) is 25.6. The molecule has 182 valence electrons. The van der Waals surface area contributed by atoms with Gasteiger partial charge in [-0.2, -0.15) is 0 Å². The number of ether oxygens (including phenoxy) is 1. The Labute approximate surface area is 222 Å². The Balaban J connectivity index is 1.83. The van der Waals surface area contributed by atoms with E-state index in [1.54, 1.807) is 49.4 Å². The molecule has 0 fully saturated rings. The van der Waals surface area contributed by atoms with E-state index in [2.05, 4.69) is 4.72 Å². The van der Waals surface area contributed by atoms with Gasteiger partial charge in [-0.15, -0.1) is 0 Å². The van der Waals surface area contributed by atoms with Gasteiger partial charge in [0.15, 0.2) is 0 Å². The van der Waals surface area contributed by atoms with Crippen molar-refractivity contribution in [1.29, 1.82) is 0 Å². The fraction of sp³-hybridized carbons (Fsp3) is 0.0741. The van der Waals surface area contributed by atoms with E-state index in [1.165, 1.54) is 24.1 Å². The van der Waals surface area contributed by atoms with Crippen molar-refractivity contribution in [1.82, 2.24) is 0 Å². The molecule has 0 aliphatic rings. The average Bonchev–Trinajstić information content (AvgIpc) is 2.88. The van der Waals surface area contributed by atoms with Gasteiger partial charge in [-0.05, 0) is 84.1 Å². The van der Waals surface area contributed by atoms with E-state index in [9.17, 15) is 14.9 Å². The molecule has 0 aliphatic heterocycles. The molecule has 4 rings (SSSR count). The van der Waals surface area contributed by atoms with Gasteiger partial charge in [-0.25, -0.2) is 4.79 Å². The summed E-state index contributed by atoms with van der Waals surface area (Å²) in [6, 6.07) is 24.6. The predicted molar refractivity (Wildman–Crippen MR) is 146 cm³/mol. The van der Waals surface area contributed by atoms with E-state index in [1.807, 2.05) is 30.3 Å². The van der Waals surface area contributed by atoms with E-state index >= 15 is 0 Å². The maximum Gasteiger partial charge on any atom is 0.340 e. The Kier molecular flexibility index (Phi) is 8.15. The van der Waals surface area contributed by atoms with E-state index in [4.69, 9.17) is 27.9 Å². The summed E-state index contributed by atoms with van der Waals surface area (Å²) >= 11 is 13.4. The largest absolute Gasteiger partial charge is 0.462 e. The molecule has 4 aromatic rings. The number of anilines is 1. The summed E-state index contributed by atoms with van der Waals surface area (Å²) in [5.74, 6) is -0.477. The second-order valence-electron chi connectivity index (χ2n) is 7.64. The second kappa shape index (κ2) is 11.5. The van der Waals surface area contributed by atoms with Crippen LogP contribution in [0.3, 0.4) is 0 Å². The van der Waals surface area contributed by atoms with Gasteiger partial charge in [-0.1, -0.05) is 47.5 Å². The van der Waals surface area contributed by atoms with Crippen molar-refractivity contribution >= 4 is 52.5 Å². The number of halogens is 2. The topological polar surface area (TPSA) is 81.5 Å². The zero-order valence-corrected chi connectivity index (χ0v) is 21.4. The van der Waals surface area contributed by atoms with Crippen molar-refractivity contribution < 1.29 is 14.5 Å². The number of nitro groups is 1. The maximum absolute atomic E-state index is 13.1. The van der Waals surface area contributed by atoms with Crippen molar-refractivity contribution in [2.24, 2.45) is 0 Å². The highest BCUT2D eigenvalue weighted by Crippen LogP contribution is 2.39. The fourth-order valence-electron chi connectivity index (χ4n) is 3.53. The van der Waals surface area contributed by atoms with Gasteiger partial charge in [0.25, 0.3) is 5.69 Å². The monoisotopic (exact) mass is 538 g/mol. The Morgan fingerprint density at radius 1 is 0.889 bits per heavy atom. The van der Waals surface area contributed by atoms with Gasteiger partial charge >= 0.3 is 5.97 Å². The molecular weight excluding hydrogens is 519 g/mol. The highest BCUT2D eigenvalue weighted by Gasteiger charge is 2.20. The van der Waals surface area contributed by atoms with E-state index in [0.29, 0.717) is 21.3 Å². The number of hydrogen-bond donors (Lipinski definition) is 1. The lowest BCUT2D eigenvalue weighted by Crippen LogP contribution is -2.09. The third-order valence-corrected chi connectivity index (χ3v) is 6.60. The fourth-order valence-corrected chi connectivity index (χ4v) is 4.50. The van der Waals surface area contributed by atoms with Gasteiger partial charge < -0.3 is 9.46 Å². The number of nitrogens with one attached hydrogen (secondary N) is 1. The zero-order valence-electron chi connectivity index (χ0n) is 19.0. The molecule has 0 amide bonds. The third-order valence-electron chi connectivity index (χ3n) is 5.28. The third kappa shape index (κ3) is 5.99. The Bertz CT molecular complexity index is 1390. The lowest BCUT2D eigenvalue weighted by molar-refractivity contribution is -0.384. The minimum absolute atomic E-state index is 0.000679. The number of carbonyl (C=O) groups excluding carboxylic acids is 1. The van der Waals surface area contributed by atoms with Crippen LogP contribution in [-0.2, 0) is 4.74 Å². The lowest BCUT2D eigenvalue weighted by atomic mass is 9.94. The first-order chi connectivity index (χ1) is 17.4. The minimum atomic E-state index is -0.477. The number of nitro benzene ring substituents is 1. The van der Waals surface area contributed by atoms with Crippen LogP contribution in [-0.4, -0.2) is 17.5 Å². The molecule has 0 spiro atoms. The van der Waals surface area contributed by atoms with Crippen LogP contribution in [0.5, 0.6) is 0 Å². The van der Waals surface area contributed by atoms with Crippen LogP contribution >= 0.6 is 35.1 Å². The first-order valence-electron chi connectivity index (χ1n) is 10.9. The van der Waals surface area contributed by atoms with Crippen LogP contribution in [0, 0.1) is 10.1 Å². The second-order valence-corrected chi connectivity index (χ2v) is 9.39. The van der Waals surface area contributed by atoms with Crippen molar-refractivity contribution in [3.63, 3.8) is 0 Å². The number of rotatable bonds is 8. The molecule has 0 unspecified atom stereocenters. The summed E-state index contributed by atoms with van der Waals surface area (Å²) in [6.45, 7) is 1.97. The Morgan fingerprint density at radius 3 is 2.03 bits per heavy atom. The number of esters is 1. The predicted octanol–water partition coefficient (Wildman–Crippen LogP) is 8.53. The van der Waals surface area contributed by atoms with Gasteiger partial charge in [0.05, 0.1) is 22.8 Å². The van der Waals surface area contributed by atoms with Crippen LogP contribution in [0.25, 0.3) is 22.3 Å². The van der Waals surface area contributed by atoms with Crippen molar-refractivity contribution in [3.05, 3.63) is 111 Å². The highest BCUT2D eigenvalue weighted by atomic mass is 35.5. The molecule has 0 atom stereocenters. The minimum Gasteiger partial charge on any atom is -0.462 e. The molecule has 9 heteroatoms. The normalized spacial score (nSPS) is 10.6. The maximum atomic E-state index is 13.1. The molecule has 0 heterocycles. The average molecular weight is 539 g/mol. The quantitative estimate of drug-likeness (QED) is 0.105. The van der Waals surface area contributed by atoms with Crippen LogP contribution < -0.4 is 4.72 Å². The lowest BCUT2D eigenvalue weighted by Gasteiger charge is -2.18. The van der Waals surface area contributed by atoms with Crippen LogP contribution in [0.4, 0.5) is 11.4 Å². The number of hydrogen-bond acceptors (Lipinski definition) is 6. The van der Waals surface area contributed by atoms with E-state index in [-0.39, 0.29) is 12.3 Å².